The van der Waals surface area contributed by atoms with Gasteiger partial charge in [0, 0.05) is 19.4 Å². The minimum atomic E-state index is -0.530. The molecule has 0 aliphatic heterocycles. The first-order valence-corrected chi connectivity index (χ1v) is 22.5. The molecule has 0 radical (unpaired) electrons. The first-order valence-electron chi connectivity index (χ1n) is 22.5. The predicted molar refractivity (Wildman–Crippen MR) is 224 cm³/mol. The molecule has 0 bridgehead atoms. The zero-order valence-corrected chi connectivity index (χ0v) is 34.8. The van der Waals surface area contributed by atoms with Gasteiger partial charge in [-0.15, -0.1) is 0 Å². The molecule has 52 heavy (non-hydrogen) atoms. The maximum atomic E-state index is 12.7. The summed E-state index contributed by atoms with van der Waals surface area (Å²) in [5.74, 6) is -0.404. The van der Waals surface area contributed by atoms with Crippen LogP contribution in [0, 0.1) is 0 Å². The van der Waals surface area contributed by atoms with Crippen molar-refractivity contribution in [3.8, 4) is 0 Å². The van der Waals surface area contributed by atoms with Gasteiger partial charge < -0.3 is 14.2 Å². The van der Waals surface area contributed by atoms with Crippen molar-refractivity contribution in [1.82, 2.24) is 0 Å². The minimum Gasteiger partial charge on any atom is -0.462 e. The summed E-state index contributed by atoms with van der Waals surface area (Å²) in [5.41, 5.74) is 0. The number of carbonyl (C=O) groups excluding carboxylic acids is 2. The normalized spacial score (nSPS) is 12.4. The molecular formula is C47H86O5. The fraction of sp³-hybridized carbons (Fsp3) is 0.830. The van der Waals surface area contributed by atoms with Crippen LogP contribution in [0.1, 0.15) is 226 Å². The first kappa shape index (κ1) is 50.1. The Balaban J connectivity index is 4.10. The molecule has 0 aliphatic rings. The highest BCUT2D eigenvalue weighted by molar-refractivity contribution is 5.70. The average Bonchev–Trinajstić information content (AvgIpc) is 3.14. The highest BCUT2D eigenvalue weighted by Crippen LogP contribution is 2.14. The predicted octanol–water partition coefficient (Wildman–Crippen LogP) is 14.7. The molecule has 5 heteroatoms. The van der Waals surface area contributed by atoms with E-state index >= 15 is 0 Å². The molecule has 0 spiro atoms. The third-order valence-corrected chi connectivity index (χ3v) is 9.69. The van der Waals surface area contributed by atoms with E-state index in [1.165, 1.54) is 122 Å². The number of rotatable bonds is 41. The Bertz CT molecular complexity index is 832. The summed E-state index contributed by atoms with van der Waals surface area (Å²) in [6.45, 7) is 7.69. The zero-order chi connectivity index (χ0) is 37.8. The molecule has 0 N–H and O–H groups in total. The van der Waals surface area contributed by atoms with Gasteiger partial charge in [-0.25, -0.2) is 0 Å². The van der Waals surface area contributed by atoms with E-state index in [4.69, 9.17) is 14.2 Å². The van der Waals surface area contributed by atoms with Crippen LogP contribution in [0.2, 0.25) is 0 Å². The second kappa shape index (κ2) is 43.5. The van der Waals surface area contributed by atoms with Crippen molar-refractivity contribution < 1.29 is 23.8 Å². The number of ether oxygens (including phenoxy) is 3. The van der Waals surface area contributed by atoms with E-state index in [2.05, 4.69) is 57.2 Å². The molecule has 0 amide bonds. The van der Waals surface area contributed by atoms with Gasteiger partial charge in [0.2, 0.25) is 0 Å². The van der Waals surface area contributed by atoms with Crippen molar-refractivity contribution in [1.29, 1.82) is 0 Å². The van der Waals surface area contributed by atoms with Crippen molar-refractivity contribution in [3.05, 3.63) is 36.5 Å². The number of allylic oxidation sites excluding steroid dienone is 6. The summed E-state index contributed by atoms with van der Waals surface area (Å²) < 4.78 is 17.2. The van der Waals surface area contributed by atoms with Gasteiger partial charge in [0.05, 0.1) is 6.61 Å². The number of esters is 2. The van der Waals surface area contributed by atoms with E-state index in [0.29, 0.717) is 19.4 Å². The van der Waals surface area contributed by atoms with Gasteiger partial charge in [-0.2, -0.15) is 0 Å². The van der Waals surface area contributed by atoms with Gasteiger partial charge in [0.15, 0.2) is 6.10 Å². The summed E-state index contributed by atoms with van der Waals surface area (Å²) in [5, 5.41) is 0. The molecule has 1 atom stereocenters. The quantitative estimate of drug-likeness (QED) is 0.0356. The Morgan fingerprint density at radius 2 is 0.865 bits per heavy atom. The standard InChI is InChI=1S/C47H86O5/c1-4-7-10-13-16-18-20-22-23-24-25-27-28-30-32-34-37-40-46(48)51-44-45(43-50-42-39-36-15-12-9-6-3)52-47(49)41-38-35-33-31-29-26-21-19-17-14-11-8-5-2/h7,10,16,18,22-23,45H,4-6,8-9,11-15,17,19-21,24-44H2,1-3H3/b10-7-,18-16-,23-22-. The maximum absolute atomic E-state index is 12.7. The Hall–Kier alpha value is -1.88. The Labute approximate surface area is 323 Å². The molecule has 0 aromatic heterocycles. The minimum absolute atomic E-state index is 0.0840. The second-order valence-electron chi connectivity index (χ2n) is 14.9. The van der Waals surface area contributed by atoms with Gasteiger partial charge in [0.1, 0.15) is 6.61 Å². The number of hydrogen-bond acceptors (Lipinski definition) is 5. The van der Waals surface area contributed by atoms with Crippen LogP contribution in [0.3, 0.4) is 0 Å². The molecular weight excluding hydrogens is 645 g/mol. The molecule has 1 unspecified atom stereocenters. The van der Waals surface area contributed by atoms with Crippen molar-refractivity contribution in [2.24, 2.45) is 0 Å². The lowest BCUT2D eigenvalue weighted by Gasteiger charge is -2.18. The summed E-state index contributed by atoms with van der Waals surface area (Å²) in [6.07, 6.45) is 50.0. The fourth-order valence-electron chi connectivity index (χ4n) is 6.35. The number of carbonyl (C=O) groups is 2. The third-order valence-electron chi connectivity index (χ3n) is 9.69. The van der Waals surface area contributed by atoms with E-state index < -0.39 is 6.10 Å². The Morgan fingerprint density at radius 3 is 1.38 bits per heavy atom. The van der Waals surface area contributed by atoms with E-state index in [1.54, 1.807) is 0 Å². The molecule has 0 aromatic carbocycles. The van der Waals surface area contributed by atoms with E-state index in [0.717, 1.165) is 70.6 Å². The van der Waals surface area contributed by atoms with Crippen LogP contribution in [-0.2, 0) is 23.8 Å². The monoisotopic (exact) mass is 731 g/mol. The smallest absolute Gasteiger partial charge is 0.306 e. The highest BCUT2D eigenvalue weighted by Gasteiger charge is 2.17. The summed E-state index contributed by atoms with van der Waals surface area (Å²) in [7, 11) is 0. The van der Waals surface area contributed by atoms with E-state index in [9.17, 15) is 9.59 Å². The van der Waals surface area contributed by atoms with Gasteiger partial charge in [-0.3, -0.25) is 9.59 Å². The molecule has 0 aliphatic carbocycles. The largest absolute Gasteiger partial charge is 0.462 e. The van der Waals surface area contributed by atoms with Gasteiger partial charge in [-0.05, 0) is 51.4 Å². The van der Waals surface area contributed by atoms with Crippen LogP contribution >= 0.6 is 0 Å². The van der Waals surface area contributed by atoms with Crippen LogP contribution in [0.4, 0.5) is 0 Å². The van der Waals surface area contributed by atoms with Crippen molar-refractivity contribution in [2.75, 3.05) is 19.8 Å². The fourth-order valence-corrected chi connectivity index (χ4v) is 6.35. The zero-order valence-electron chi connectivity index (χ0n) is 34.8. The third kappa shape index (κ3) is 40.9. The molecule has 0 rings (SSSR count). The van der Waals surface area contributed by atoms with Gasteiger partial charge in [0.25, 0.3) is 0 Å². The number of hydrogen-bond donors (Lipinski definition) is 0. The van der Waals surface area contributed by atoms with Crippen molar-refractivity contribution in [3.63, 3.8) is 0 Å². The Morgan fingerprint density at radius 1 is 0.442 bits per heavy atom. The summed E-state index contributed by atoms with van der Waals surface area (Å²) in [6, 6.07) is 0. The van der Waals surface area contributed by atoms with Crippen LogP contribution in [0.15, 0.2) is 36.5 Å². The van der Waals surface area contributed by atoms with Gasteiger partial charge in [-0.1, -0.05) is 198 Å². The van der Waals surface area contributed by atoms with E-state index in [1.807, 2.05) is 0 Å². The summed E-state index contributed by atoms with van der Waals surface area (Å²) in [4.78, 5) is 25.1. The van der Waals surface area contributed by atoms with Crippen LogP contribution < -0.4 is 0 Å². The topological polar surface area (TPSA) is 61.8 Å². The molecule has 0 saturated heterocycles. The lowest BCUT2D eigenvalue weighted by molar-refractivity contribution is -0.163. The molecule has 0 heterocycles. The molecule has 0 saturated carbocycles. The maximum Gasteiger partial charge on any atom is 0.306 e. The first-order chi connectivity index (χ1) is 25.6. The van der Waals surface area contributed by atoms with Crippen LogP contribution in [-0.4, -0.2) is 37.9 Å². The van der Waals surface area contributed by atoms with Crippen molar-refractivity contribution >= 4 is 11.9 Å². The van der Waals surface area contributed by atoms with Crippen molar-refractivity contribution in [2.45, 2.75) is 232 Å². The molecule has 0 aromatic rings. The Kier molecular flexibility index (Phi) is 42.0. The van der Waals surface area contributed by atoms with Crippen LogP contribution in [0.25, 0.3) is 0 Å². The van der Waals surface area contributed by atoms with E-state index in [-0.39, 0.29) is 25.2 Å². The molecule has 304 valence electrons. The lowest BCUT2D eigenvalue weighted by Crippen LogP contribution is -2.30. The highest BCUT2D eigenvalue weighted by atomic mass is 16.6. The second-order valence-corrected chi connectivity index (χ2v) is 14.9. The molecule has 5 nitrogen and oxygen atoms in total. The summed E-state index contributed by atoms with van der Waals surface area (Å²) >= 11 is 0. The van der Waals surface area contributed by atoms with Gasteiger partial charge >= 0.3 is 11.9 Å². The number of unbranched alkanes of at least 4 members (excludes halogenated alkanes) is 24. The lowest BCUT2D eigenvalue weighted by atomic mass is 10.0. The van der Waals surface area contributed by atoms with Crippen LogP contribution in [0.5, 0.6) is 0 Å². The molecule has 0 fully saturated rings. The average molecular weight is 731 g/mol. The SMILES string of the molecule is CC/C=C\C/C=C\C/C=C\CCCCCCCCCC(=O)OCC(COCCCCCCCC)OC(=O)CCCCCCCCCCCCCCC.